The van der Waals surface area contributed by atoms with Gasteiger partial charge >= 0.3 is 12.1 Å². The standard InChI is InChI=1S/C6H9F3O2/c1-4(2)11-5(10)3-6(7,8)9/h4H,3H2,1-2H3. The first-order valence-electron chi connectivity index (χ1n) is 3.07. The molecule has 0 aliphatic heterocycles. The molecule has 0 aromatic rings. The summed E-state index contributed by atoms with van der Waals surface area (Å²) in [5.41, 5.74) is 0. The van der Waals surface area contributed by atoms with Gasteiger partial charge in [0.2, 0.25) is 0 Å². The second kappa shape index (κ2) is 3.59. The highest BCUT2D eigenvalue weighted by molar-refractivity contribution is 5.70. The van der Waals surface area contributed by atoms with Gasteiger partial charge < -0.3 is 4.74 Å². The number of ether oxygens (including phenoxy) is 1. The quantitative estimate of drug-likeness (QED) is 0.591. The molecule has 0 aliphatic carbocycles. The second-order valence-corrected chi connectivity index (χ2v) is 2.33. The van der Waals surface area contributed by atoms with Gasteiger partial charge in [-0.15, -0.1) is 0 Å². The first kappa shape index (κ1) is 10.3. The van der Waals surface area contributed by atoms with E-state index in [4.69, 9.17) is 0 Å². The number of halogens is 3. The third-order valence-corrected chi connectivity index (χ3v) is 0.712. The molecule has 0 fully saturated rings. The van der Waals surface area contributed by atoms with Crippen LogP contribution >= 0.6 is 0 Å². The molecule has 0 saturated heterocycles. The third-order valence-electron chi connectivity index (χ3n) is 0.712. The van der Waals surface area contributed by atoms with Crippen molar-refractivity contribution in [1.82, 2.24) is 0 Å². The van der Waals surface area contributed by atoms with Crippen molar-refractivity contribution in [2.45, 2.75) is 32.5 Å². The van der Waals surface area contributed by atoms with Crippen molar-refractivity contribution in [2.75, 3.05) is 0 Å². The van der Waals surface area contributed by atoms with Gasteiger partial charge in [0.1, 0.15) is 6.42 Å². The normalized spacial score (nSPS) is 11.8. The molecular weight excluding hydrogens is 161 g/mol. The Morgan fingerprint density at radius 3 is 2.18 bits per heavy atom. The molecule has 0 spiro atoms. The number of hydrogen-bond donors (Lipinski definition) is 0. The van der Waals surface area contributed by atoms with E-state index in [-0.39, 0.29) is 0 Å². The molecule has 0 radical (unpaired) electrons. The van der Waals surface area contributed by atoms with Gasteiger partial charge in [-0.05, 0) is 13.8 Å². The number of rotatable bonds is 2. The average Bonchev–Trinajstić information content (AvgIpc) is 1.53. The molecule has 0 aliphatic rings. The smallest absolute Gasteiger partial charge is 0.399 e. The zero-order chi connectivity index (χ0) is 9.07. The Morgan fingerprint density at radius 2 is 1.91 bits per heavy atom. The van der Waals surface area contributed by atoms with Crippen LogP contribution < -0.4 is 0 Å². The largest absolute Gasteiger partial charge is 0.463 e. The van der Waals surface area contributed by atoms with E-state index in [1.807, 2.05) is 0 Å². The van der Waals surface area contributed by atoms with E-state index in [2.05, 4.69) is 4.74 Å². The van der Waals surface area contributed by atoms with Gasteiger partial charge in [0, 0.05) is 0 Å². The minimum atomic E-state index is -4.47. The van der Waals surface area contributed by atoms with Crippen LogP contribution in [-0.2, 0) is 9.53 Å². The van der Waals surface area contributed by atoms with Gasteiger partial charge in [0.15, 0.2) is 0 Å². The molecule has 2 nitrogen and oxygen atoms in total. The molecule has 0 aromatic heterocycles. The number of hydrogen-bond acceptors (Lipinski definition) is 2. The van der Waals surface area contributed by atoms with Crippen molar-refractivity contribution in [3.05, 3.63) is 0 Å². The zero-order valence-electron chi connectivity index (χ0n) is 6.23. The summed E-state index contributed by atoms with van der Waals surface area (Å²) in [5.74, 6) is -1.23. The predicted molar refractivity (Wildman–Crippen MR) is 31.9 cm³/mol. The first-order chi connectivity index (χ1) is 4.81. The second-order valence-electron chi connectivity index (χ2n) is 2.33. The molecule has 11 heavy (non-hydrogen) atoms. The Hall–Kier alpha value is -0.740. The van der Waals surface area contributed by atoms with E-state index < -0.39 is 24.7 Å². The summed E-state index contributed by atoms with van der Waals surface area (Å²) in [7, 11) is 0. The van der Waals surface area contributed by atoms with E-state index >= 15 is 0 Å². The van der Waals surface area contributed by atoms with E-state index in [0.717, 1.165) is 0 Å². The van der Waals surface area contributed by atoms with Gasteiger partial charge in [-0.2, -0.15) is 13.2 Å². The van der Waals surface area contributed by atoms with Crippen LogP contribution in [0.3, 0.4) is 0 Å². The van der Waals surface area contributed by atoms with Crippen molar-refractivity contribution in [3.8, 4) is 0 Å². The molecule has 0 amide bonds. The van der Waals surface area contributed by atoms with Gasteiger partial charge in [0.25, 0.3) is 0 Å². The van der Waals surface area contributed by atoms with Gasteiger partial charge in [-0.3, -0.25) is 4.79 Å². The lowest BCUT2D eigenvalue weighted by Gasteiger charge is -2.08. The number of carbonyl (C=O) groups is 1. The molecule has 0 N–H and O–H groups in total. The fraction of sp³-hybridized carbons (Fsp3) is 0.833. The first-order valence-corrected chi connectivity index (χ1v) is 3.07. The molecule has 0 unspecified atom stereocenters. The van der Waals surface area contributed by atoms with E-state index in [0.29, 0.717) is 0 Å². The highest BCUT2D eigenvalue weighted by atomic mass is 19.4. The Bertz CT molecular complexity index is 139. The number of esters is 1. The predicted octanol–water partition coefficient (Wildman–Crippen LogP) is 1.89. The summed E-state index contributed by atoms with van der Waals surface area (Å²) in [6, 6.07) is 0. The summed E-state index contributed by atoms with van der Waals surface area (Å²) in [5, 5.41) is 0. The van der Waals surface area contributed by atoms with Crippen LogP contribution in [0.1, 0.15) is 20.3 Å². The molecule has 0 atom stereocenters. The summed E-state index contributed by atoms with van der Waals surface area (Å²) in [6.45, 7) is 2.99. The lowest BCUT2D eigenvalue weighted by atomic mass is 10.4. The molecule has 66 valence electrons. The van der Waals surface area contributed by atoms with Crippen LogP contribution in [0, 0.1) is 0 Å². The van der Waals surface area contributed by atoms with E-state index in [9.17, 15) is 18.0 Å². The van der Waals surface area contributed by atoms with Crippen LogP contribution in [0.25, 0.3) is 0 Å². The van der Waals surface area contributed by atoms with Crippen molar-refractivity contribution in [3.63, 3.8) is 0 Å². The Morgan fingerprint density at radius 1 is 1.45 bits per heavy atom. The molecule has 0 rings (SSSR count). The van der Waals surface area contributed by atoms with Crippen LogP contribution in [0.4, 0.5) is 13.2 Å². The number of carbonyl (C=O) groups excluding carboxylic acids is 1. The minimum Gasteiger partial charge on any atom is -0.463 e. The van der Waals surface area contributed by atoms with Crippen molar-refractivity contribution < 1.29 is 22.7 Å². The molecule has 0 saturated carbocycles. The van der Waals surface area contributed by atoms with Crippen molar-refractivity contribution in [2.24, 2.45) is 0 Å². The molecule has 5 heteroatoms. The Labute approximate surface area is 62.3 Å². The van der Waals surface area contributed by atoms with Gasteiger partial charge in [-0.1, -0.05) is 0 Å². The Balaban J connectivity index is 3.71. The zero-order valence-corrected chi connectivity index (χ0v) is 6.23. The average molecular weight is 170 g/mol. The molecule has 0 bridgehead atoms. The Kier molecular flexibility index (Phi) is 3.35. The highest BCUT2D eigenvalue weighted by Gasteiger charge is 2.32. The maximum atomic E-state index is 11.5. The monoisotopic (exact) mass is 170 g/mol. The fourth-order valence-corrected chi connectivity index (χ4v) is 0.468. The molecule has 0 aromatic carbocycles. The van der Waals surface area contributed by atoms with Gasteiger partial charge in [-0.25, -0.2) is 0 Å². The summed E-state index contributed by atoms with van der Waals surface area (Å²) in [6.07, 6.45) is -6.47. The summed E-state index contributed by atoms with van der Waals surface area (Å²) < 4.78 is 38.6. The lowest BCUT2D eigenvalue weighted by molar-refractivity contribution is -0.174. The van der Waals surface area contributed by atoms with E-state index in [1.54, 1.807) is 0 Å². The van der Waals surface area contributed by atoms with E-state index in [1.165, 1.54) is 13.8 Å². The molecule has 0 heterocycles. The van der Waals surface area contributed by atoms with Crippen LogP contribution in [0.5, 0.6) is 0 Å². The maximum Gasteiger partial charge on any atom is 0.399 e. The lowest BCUT2D eigenvalue weighted by Crippen LogP contribution is -2.19. The van der Waals surface area contributed by atoms with Crippen LogP contribution in [-0.4, -0.2) is 18.2 Å². The van der Waals surface area contributed by atoms with Crippen molar-refractivity contribution >= 4 is 5.97 Å². The highest BCUT2D eigenvalue weighted by Crippen LogP contribution is 2.20. The number of alkyl halides is 3. The maximum absolute atomic E-state index is 11.5. The summed E-state index contributed by atoms with van der Waals surface area (Å²) in [4.78, 5) is 10.3. The SMILES string of the molecule is CC(C)OC(=O)CC(F)(F)F. The van der Waals surface area contributed by atoms with Crippen LogP contribution in [0.2, 0.25) is 0 Å². The van der Waals surface area contributed by atoms with Crippen LogP contribution in [0.15, 0.2) is 0 Å². The van der Waals surface area contributed by atoms with Gasteiger partial charge in [0.05, 0.1) is 6.10 Å². The topological polar surface area (TPSA) is 26.3 Å². The summed E-state index contributed by atoms with van der Waals surface area (Å²) >= 11 is 0. The molecular formula is C6H9F3O2. The minimum absolute atomic E-state index is 0.496. The third kappa shape index (κ3) is 7.15. The van der Waals surface area contributed by atoms with Crippen molar-refractivity contribution in [1.29, 1.82) is 0 Å². The fourth-order valence-electron chi connectivity index (χ4n) is 0.468.